The van der Waals surface area contributed by atoms with Crippen LogP contribution in [-0.2, 0) is 37.2 Å². The number of benzene rings is 3. The molecule has 0 aromatic heterocycles. The summed E-state index contributed by atoms with van der Waals surface area (Å²) in [7, 11) is 3.14. The van der Waals surface area contributed by atoms with Gasteiger partial charge < -0.3 is 4.52 Å². The molecule has 0 N–H and O–H groups in total. The zero-order chi connectivity index (χ0) is 16.5. The summed E-state index contributed by atoms with van der Waals surface area (Å²) in [5.41, 5.74) is 0. The first-order chi connectivity index (χ1) is 11.2. The predicted molar refractivity (Wildman–Crippen MR) is 107 cm³/mol. The third-order valence-corrected chi connectivity index (χ3v) is 7.13. The van der Waals surface area contributed by atoms with Crippen molar-refractivity contribution in [3.05, 3.63) is 105 Å². The normalized spacial score (nSPS) is 10.1. The maximum Gasteiger partial charge on any atom is 0.0748 e. The Morgan fingerprint density at radius 2 is 0.833 bits per heavy atom. The molecule has 0 spiro atoms. The van der Waals surface area contributed by atoms with Crippen LogP contribution in [0.4, 0.5) is 0 Å². The van der Waals surface area contributed by atoms with Crippen molar-refractivity contribution in [1.29, 1.82) is 0 Å². The summed E-state index contributed by atoms with van der Waals surface area (Å²) in [6, 6.07) is 31.9. The molecule has 0 aliphatic heterocycles. The Kier molecular flexibility index (Phi) is 10.1. The van der Waals surface area contributed by atoms with Crippen LogP contribution in [0.2, 0.25) is 0 Å². The largest absolute Gasteiger partial charge is 0.539 e. The van der Waals surface area contributed by atoms with Crippen LogP contribution in [-0.4, -0.2) is 0 Å². The summed E-state index contributed by atoms with van der Waals surface area (Å²) in [5, 5.41) is 3.95. The van der Waals surface area contributed by atoms with E-state index in [4.69, 9.17) is 6.66 Å². The fourth-order valence-electron chi connectivity index (χ4n) is 2.49. The van der Waals surface area contributed by atoms with Gasteiger partial charge in [0.25, 0.3) is 0 Å². The van der Waals surface area contributed by atoms with Crippen LogP contribution >= 0.6 is 16.7 Å². The summed E-state index contributed by atoms with van der Waals surface area (Å²) >= 11 is 0. The second-order valence-electron chi connectivity index (χ2n) is 4.98. The molecule has 3 rings (SSSR count). The van der Waals surface area contributed by atoms with Crippen LogP contribution in [0.1, 0.15) is 0 Å². The minimum Gasteiger partial charge on any atom is -0.539 e. The van der Waals surface area contributed by atoms with Gasteiger partial charge in [-0.05, 0) is 53.1 Å². The molecule has 0 saturated carbocycles. The van der Waals surface area contributed by atoms with Crippen LogP contribution in [0.3, 0.4) is 0 Å². The van der Waals surface area contributed by atoms with E-state index < -0.39 is 7.26 Å². The molecule has 0 saturated heterocycles. The molecule has 0 amide bonds. The van der Waals surface area contributed by atoms with E-state index in [1.807, 2.05) is 9.47 Å². The number of rotatable bonds is 3. The second-order valence-corrected chi connectivity index (χ2v) is 8.49. The van der Waals surface area contributed by atoms with Crippen molar-refractivity contribution >= 4 is 32.6 Å². The molecule has 1 radical (unpaired) electrons. The van der Waals surface area contributed by atoms with E-state index in [-0.39, 0.29) is 32.7 Å². The van der Waals surface area contributed by atoms with Crippen molar-refractivity contribution in [1.82, 2.24) is 0 Å². The Balaban J connectivity index is 0.000000671. The molecule has 3 aromatic carbocycles. The van der Waals surface area contributed by atoms with Crippen LogP contribution < -0.4 is 15.9 Å². The van der Waals surface area contributed by atoms with Crippen molar-refractivity contribution in [2.45, 2.75) is 0 Å². The molecular formula is C20H21OP2Y-. The van der Waals surface area contributed by atoms with Gasteiger partial charge in [0.2, 0.25) is 0 Å². The molecule has 0 aliphatic carbocycles. The van der Waals surface area contributed by atoms with Gasteiger partial charge >= 0.3 is 0 Å². The summed E-state index contributed by atoms with van der Waals surface area (Å²) in [4.78, 5) is 0. The monoisotopic (exact) mass is 428 g/mol. The van der Waals surface area contributed by atoms with Crippen LogP contribution in [0, 0.1) is 13.8 Å². The Morgan fingerprint density at radius 1 is 0.625 bits per heavy atom. The maximum absolute atomic E-state index is 4.69. The standard InChI is InChI=1S/C19H17P.CH4OP.Y/c1-20(17-11-5-2-6-12-17,18-13-7-3-8-14-18)19-15-9-4-10-16-19;1-2-3;/h2-16H,1H2;1,3H2;/q;-1;. The van der Waals surface area contributed by atoms with Crippen molar-refractivity contribution in [2.24, 2.45) is 0 Å². The summed E-state index contributed by atoms with van der Waals surface area (Å²) in [6.07, 6.45) is 0. The van der Waals surface area contributed by atoms with E-state index in [1.54, 1.807) is 0 Å². The average Bonchev–Trinajstić information content (AvgIpc) is 2.64. The molecule has 121 valence electrons. The molecule has 1 nitrogen and oxygen atoms in total. The van der Waals surface area contributed by atoms with Gasteiger partial charge in [0.05, 0.1) is 15.9 Å². The molecule has 1 unspecified atom stereocenters. The summed E-state index contributed by atoms with van der Waals surface area (Å²) < 4.78 is 3.92. The third-order valence-electron chi connectivity index (χ3n) is 3.59. The van der Waals surface area contributed by atoms with Crippen molar-refractivity contribution in [2.75, 3.05) is 0 Å². The molecule has 0 aliphatic rings. The minimum atomic E-state index is -1.78. The maximum atomic E-state index is 4.69. The van der Waals surface area contributed by atoms with Gasteiger partial charge in [0, 0.05) is 32.7 Å². The van der Waals surface area contributed by atoms with Crippen molar-refractivity contribution in [3.63, 3.8) is 0 Å². The van der Waals surface area contributed by atoms with Gasteiger partial charge in [-0.3, -0.25) is 0 Å². The Bertz CT molecular complexity index is 594. The fraction of sp³-hybridized carbons (Fsp3) is 0. The SMILES string of the molecule is [CH2-]OP.[CH2-][P+](c1ccccc1)(c1ccccc1)c1ccccc1.[Y]. The molecule has 3 aromatic rings. The van der Waals surface area contributed by atoms with Crippen LogP contribution in [0.25, 0.3) is 0 Å². The molecule has 0 heterocycles. The topological polar surface area (TPSA) is 9.23 Å². The molecular weight excluding hydrogens is 407 g/mol. The number of hydrogen-bond donors (Lipinski definition) is 0. The van der Waals surface area contributed by atoms with Crippen molar-refractivity contribution in [3.8, 4) is 0 Å². The van der Waals surface area contributed by atoms with Gasteiger partial charge in [-0.2, -0.15) is 6.66 Å². The van der Waals surface area contributed by atoms with Gasteiger partial charge in [0.1, 0.15) is 0 Å². The first-order valence-electron chi connectivity index (χ1n) is 7.24. The van der Waals surface area contributed by atoms with Gasteiger partial charge in [-0.25, -0.2) is 7.11 Å². The van der Waals surface area contributed by atoms with E-state index in [2.05, 4.69) is 103 Å². The minimum absolute atomic E-state index is 0. The zero-order valence-corrected chi connectivity index (χ0v) is 18.5. The summed E-state index contributed by atoms with van der Waals surface area (Å²) in [6.45, 7) is 4.69. The van der Waals surface area contributed by atoms with E-state index >= 15 is 0 Å². The first kappa shape index (κ1) is 21.6. The molecule has 24 heavy (non-hydrogen) atoms. The predicted octanol–water partition coefficient (Wildman–Crippen LogP) is 4.35. The van der Waals surface area contributed by atoms with E-state index in [0.717, 1.165) is 0 Å². The fourth-order valence-corrected chi connectivity index (χ4v) is 5.43. The molecule has 1 atom stereocenters. The van der Waals surface area contributed by atoms with Gasteiger partial charge in [-0.15, -0.1) is 0 Å². The summed E-state index contributed by atoms with van der Waals surface area (Å²) in [5.74, 6) is 0. The third kappa shape index (κ3) is 5.29. The zero-order valence-electron chi connectivity index (χ0n) is 13.6. The van der Waals surface area contributed by atoms with Crippen LogP contribution in [0.15, 0.2) is 91.0 Å². The van der Waals surface area contributed by atoms with E-state index in [9.17, 15) is 0 Å². The second kappa shape index (κ2) is 11.2. The van der Waals surface area contributed by atoms with Gasteiger partial charge in [0.15, 0.2) is 0 Å². The molecule has 0 bridgehead atoms. The van der Waals surface area contributed by atoms with E-state index in [0.29, 0.717) is 0 Å². The first-order valence-corrected chi connectivity index (χ1v) is 9.69. The van der Waals surface area contributed by atoms with Gasteiger partial charge in [-0.1, -0.05) is 54.6 Å². The molecule has 0 fully saturated rings. The van der Waals surface area contributed by atoms with Crippen molar-refractivity contribution < 1.29 is 37.2 Å². The average molecular weight is 428 g/mol. The Labute approximate surface area is 173 Å². The van der Waals surface area contributed by atoms with E-state index in [1.165, 1.54) is 15.9 Å². The Morgan fingerprint density at radius 3 is 1.04 bits per heavy atom. The Hall–Kier alpha value is -0.416. The smallest absolute Gasteiger partial charge is 0.0748 e. The molecule has 4 heteroatoms. The van der Waals surface area contributed by atoms with Crippen LogP contribution in [0.5, 0.6) is 0 Å². The number of hydrogen-bond acceptors (Lipinski definition) is 1. The quantitative estimate of drug-likeness (QED) is 0.445.